The Kier molecular flexibility index (Phi) is 13.3. The molecule has 0 spiro atoms. The van der Waals surface area contributed by atoms with E-state index in [0.29, 0.717) is 40.0 Å². The van der Waals surface area contributed by atoms with Gasteiger partial charge in [-0.3, -0.25) is 5.32 Å². The molecule has 10 heteroatoms. The first kappa shape index (κ1) is 39.0. The van der Waals surface area contributed by atoms with Gasteiger partial charge in [0.2, 0.25) is 11.5 Å². The zero-order valence-corrected chi connectivity index (χ0v) is 31.9. The lowest BCUT2D eigenvalue weighted by atomic mass is 9.94. The summed E-state index contributed by atoms with van der Waals surface area (Å²) in [6.45, 7) is 11.6. The number of methoxy groups -OCH3 is 4. The number of carbonyl (C=O) groups is 1. The molecule has 272 valence electrons. The fraction of sp³-hybridized carbons (Fsp3) is 0.341. The summed E-state index contributed by atoms with van der Waals surface area (Å²) >= 11 is 1.79. The first-order valence-corrected chi connectivity index (χ1v) is 17.4. The highest BCUT2D eigenvalue weighted by Crippen LogP contribution is 2.51. The van der Waals surface area contributed by atoms with Crippen LogP contribution >= 0.6 is 11.8 Å². The van der Waals surface area contributed by atoms with Crippen LogP contribution < -0.4 is 29.0 Å². The van der Waals surface area contributed by atoms with E-state index in [1.54, 1.807) is 67.0 Å². The molecule has 1 atom stereocenters. The van der Waals surface area contributed by atoms with Crippen LogP contribution in [0.2, 0.25) is 0 Å². The van der Waals surface area contributed by atoms with Gasteiger partial charge in [-0.1, -0.05) is 54.2 Å². The zero-order chi connectivity index (χ0) is 37.2. The number of nitrogens with one attached hydrogen (secondary N) is 1. The average Bonchev–Trinajstić information content (AvgIpc) is 3.26. The standard InChI is InChI=1S/C29H39NO8.C12H10S/c1-28(2,3)37-18-14-19(20-15-23(33-8)25(34-9)26(35-10)24(20)36-16-18)17-11-12-22(32-7)21(13-17)30-27(31)38-29(4,5)6;1-3-7-11(8-4-1)13-12-9-5-2-6-10-12/h11-15,18H,16H2,1-10H3,(H,30,31);1-10H/t18-;/m1./s1. The SMILES string of the molecule is COc1ccc(C2=C[C@@H](OC(C)(C)C)COc3c2cc(OC)c(OC)c3OC)cc1NC(=O)OC(C)(C)C.c1ccc(Sc2ccccc2)cc1. The lowest BCUT2D eigenvalue weighted by molar-refractivity contribution is -0.0531. The Morgan fingerprint density at radius 1 is 0.725 bits per heavy atom. The van der Waals surface area contributed by atoms with Crippen molar-refractivity contribution in [1.82, 2.24) is 0 Å². The first-order chi connectivity index (χ1) is 24.2. The molecule has 1 aliphatic heterocycles. The molecular formula is C41H49NO8S. The predicted molar refractivity (Wildman–Crippen MR) is 203 cm³/mol. The molecule has 0 aromatic heterocycles. The number of rotatable bonds is 9. The van der Waals surface area contributed by atoms with Gasteiger partial charge in [-0.05, 0) is 101 Å². The van der Waals surface area contributed by atoms with Crippen LogP contribution in [0.4, 0.5) is 10.5 Å². The molecule has 1 heterocycles. The highest BCUT2D eigenvalue weighted by Gasteiger charge is 2.30. The molecule has 0 fully saturated rings. The second-order valence-corrected chi connectivity index (χ2v) is 14.6. The quantitative estimate of drug-likeness (QED) is 0.182. The molecule has 0 unspecified atom stereocenters. The van der Waals surface area contributed by atoms with Gasteiger partial charge in [0.15, 0.2) is 11.5 Å². The van der Waals surface area contributed by atoms with E-state index < -0.39 is 17.3 Å². The van der Waals surface area contributed by atoms with Crippen LogP contribution in [0.15, 0.2) is 101 Å². The molecule has 0 radical (unpaired) electrons. The van der Waals surface area contributed by atoms with Gasteiger partial charge in [0.05, 0.1) is 39.7 Å². The highest BCUT2D eigenvalue weighted by molar-refractivity contribution is 7.99. The van der Waals surface area contributed by atoms with E-state index in [9.17, 15) is 4.79 Å². The van der Waals surface area contributed by atoms with Crippen molar-refractivity contribution in [2.24, 2.45) is 0 Å². The van der Waals surface area contributed by atoms with Gasteiger partial charge >= 0.3 is 6.09 Å². The summed E-state index contributed by atoms with van der Waals surface area (Å²) in [5, 5.41) is 2.80. The normalized spacial score (nSPS) is 13.9. The van der Waals surface area contributed by atoms with Crippen molar-refractivity contribution >= 4 is 29.1 Å². The smallest absolute Gasteiger partial charge is 0.412 e. The molecule has 0 saturated carbocycles. The molecule has 51 heavy (non-hydrogen) atoms. The van der Waals surface area contributed by atoms with E-state index in [2.05, 4.69) is 53.8 Å². The molecule has 1 aliphatic rings. The van der Waals surface area contributed by atoms with Crippen LogP contribution in [0.1, 0.15) is 52.7 Å². The second kappa shape index (κ2) is 17.4. The summed E-state index contributed by atoms with van der Waals surface area (Å²) in [7, 11) is 6.20. The summed E-state index contributed by atoms with van der Waals surface area (Å²) in [6.07, 6.45) is 1.03. The summed E-state index contributed by atoms with van der Waals surface area (Å²) in [5.41, 5.74) is 1.66. The minimum Gasteiger partial charge on any atom is -0.495 e. The number of hydrogen-bond donors (Lipinski definition) is 1. The van der Waals surface area contributed by atoms with Crippen molar-refractivity contribution in [1.29, 1.82) is 0 Å². The maximum atomic E-state index is 12.6. The summed E-state index contributed by atoms with van der Waals surface area (Å²) in [6, 6.07) is 28.2. The second-order valence-electron chi connectivity index (χ2n) is 13.5. The summed E-state index contributed by atoms with van der Waals surface area (Å²) in [4.78, 5) is 15.2. The van der Waals surface area contributed by atoms with Gasteiger partial charge in [-0.25, -0.2) is 4.79 Å². The fourth-order valence-corrected chi connectivity index (χ4v) is 6.09. The third-order valence-electron chi connectivity index (χ3n) is 7.19. The summed E-state index contributed by atoms with van der Waals surface area (Å²) < 4.78 is 40.5. The molecule has 4 aromatic carbocycles. The minimum atomic E-state index is -0.654. The van der Waals surface area contributed by atoms with E-state index in [-0.39, 0.29) is 12.7 Å². The average molecular weight is 716 g/mol. The Balaban J connectivity index is 0.000000372. The molecular weight excluding hydrogens is 667 g/mol. The van der Waals surface area contributed by atoms with Gasteiger partial charge in [-0.2, -0.15) is 0 Å². The molecule has 0 saturated heterocycles. The van der Waals surface area contributed by atoms with Gasteiger partial charge in [0.25, 0.3) is 0 Å². The van der Waals surface area contributed by atoms with Gasteiger partial charge in [0.1, 0.15) is 24.1 Å². The number of anilines is 1. The maximum absolute atomic E-state index is 12.6. The van der Waals surface area contributed by atoms with Crippen LogP contribution in [-0.2, 0) is 9.47 Å². The van der Waals surface area contributed by atoms with Crippen LogP contribution in [0.5, 0.6) is 28.7 Å². The summed E-state index contributed by atoms with van der Waals surface area (Å²) in [5.74, 6) is 2.29. The van der Waals surface area contributed by atoms with Crippen LogP contribution in [0.25, 0.3) is 5.57 Å². The fourth-order valence-electron chi connectivity index (χ4n) is 5.24. The zero-order valence-electron chi connectivity index (χ0n) is 31.1. The Morgan fingerprint density at radius 3 is 1.82 bits per heavy atom. The number of fused-ring (bicyclic) bond motifs is 1. The van der Waals surface area contributed by atoms with Gasteiger partial charge < -0.3 is 33.2 Å². The van der Waals surface area contributed by atoms with E-state index in [1.165, 1.54) is 9.79 Å². The van der Waals surface area contributed by atoms with E-state index in [4.69, 9.17) is 33.2 Å². The number of hydrogen-bond acceptors (Lipinski definition) is 9. The Morgan fingerprint density at radius 2 is 1.31 bits per heavy atom. The molecule has 0 bridgehead atoms. The molecule has 9 nitrogen and oxygen atoms in total. The topological polar surface area (TPSA) is 93.7 Å². The van der Waals surface area contributed by atoms with Crippen molar-refractivity contribution in [2.45, 2.75) is 68.6 Å². The lowest BCUT2D eigenvalue weighted by Gasteiger charge is -2.25. The third kappa shape index (κ3) is 11.1. The Bertz CT molecular complexity index is 1740. The van der Waals surface area contributed by atoms with Crippen molar-refractivity contribution in [3.63, 3.8) is 0 Å². The molecule has 0 aliphatic carbocycles. The van der Waals surface area contributed by atoms with Crippen molar-refractivity contribution in [3.05, 3.63) is 102 Å². The van der Waals surface area contributed by atoms with Crippen molar-refractivity contribution < 1.29 is 38.0 Å². The largest absolute Gasteiger partial charge is 0.495 e. The number of ether oxygens (including phenoxy) is 7. The molecule has 1 amide bonds. The van der Waals surface area contributed by atoms with Gasteiger partial charge in [0, 0.05) is 15.4 Å². The van der Waals surface area contributed by atoms with E-state index >= 15 is 0 Å². The van der Waals surface area contributed by atoms with Crippen LogP contribution in [0.3, 0.4) is 0 Å². The molecule has 1 N–H and O–H groups in total. The highest BCUT2D eigenvalue weighted by atomic mass is 32.2. The lowest BCUT2D eigenvalue weighted by Crippen LogP contribution is -2.30. The monoisotopic (exact) mass is 715 g/mol. The number of carbonyl (C=O) groups excluding carboxylic acids is 1. The Hall–Kier alpha value is -4.80. The van der Waals surface area contributed by atoms with Crippen LogP contribution in [-0.4, -0.2) is 58.4 Å². The van der Waals surface area contributed by atoms with E-state index in [1.807, 2.05) is 57.2 Å². The number of benzene rings is 4. The van der Waals surface area contributed by atoms with Crippen molar-refractivity contribution in [3.8, 4) is 28.7 Å². The van der Waals surface area contributed by atoms with E-state index in [0.717, 1.165) is 11.1 Å². The maximum Gasteiger partial charge on any atom is 0.412 e. The third-order valence-corrected chi connectivity index (χ3v) is 8.21. The minimum absolute atomic E-state index is 0.249. The molecule has 5 rings (SSSR count). The van der Waals surface area contributed by atoms with Crippen LogP contribution in [0, 0.1) is 0 Å². The number of amides is 1. The first-order valence-electron chi connectivity index (χ1n) is 16.6. The predicted octanol–water partition coefficient (Wildman–Crippen LogP) is 9.91. The Labute approximate surface area is 306 Å². The van der Waals surface area contributed by atoms with Gasteiger partial charge in [-0.15, -0.1) is 0 Å². The van der Waals surface area contributed by atoms with Crippen molar-refractivity contribution in [2.75, 3.05) is 40.4 Å². The molecule has 4 aromatic rings.